The number of aryl methyl sites for hydroxylation is 1. The van der Waals surface area contributed by atoms with E-state index in [0.29, 0.717) is 31.1 Å². The van der Waals surface area contributed by atoms with Crippen LogP contribution in [-0.2, 0) is 14.3 Å². The second-order valence-corrected chi connectivity index (χ2v) is 9.93. The highest BCUT2D eigenvalue weighted by Gasteiger charge is 2.27. The Hall–Kier alpha value is -3.01. The van der Waals surface area contributed by atoms with E-state index in [4.69, 9.17) is 4.74 Å². The summed E-state index contributed by atoms with van der Waals surface area (Å²) in [6.45, 7) is 9.99. The van der Waals surface area contributed by atoms with Crippen LogP contribution in [0.5, 0.6) is 0 Å². The fourth-order valence-electron chi connectivity index (χ4n) is 3.72. The molecular formula is C23H30N4O5S. The monoisotopic (exact) mass is 474 g/mol. The fourth-order valence-corrected chi connectivity index (χ4v) is 4.39. The first-order valence-electron chi connectivity index (χ1n) is 10.9. The number of imide groups is 1. The molecule has 0 unspecified atom stereocenters. The number of anilines is 1. The van der Waals surface area contributed by atoms with Crippen molar-refractivity contribution in [3.05, 3.63) is 34.2 Å². The minimum absolute atomic E-state index is 0.0182. The highest BCUT2D eigenvalue weighted by Crippen LogP contribution is 2.32. The first-order valence-corrected chi connectivity index (χ1v) is 11.7. The van der Waals surface area contributed by atoms with Gasteiger partial charge in [-0.25, -0.2) is 4.79 Å². The van der Waals surface area contributed by atoms with Crippen molar-refractivity contribution in [2.24, 2.45) is 0 Å². The minimum Gasteiger partial charge on any atom is -0.444 e. The molecule has 178 valence electrons. The Kier molecular flexibility index (Phi) is 7.68. The topological polar surface area (TPSA) is 108 Å². The lowest BCUT2D eigenvalue weighted by molar-refractivity contribution is -0.131. The molecule has 2 heterocycles. The average molecular weight is 475 g/mol. The van der Waals surface area contributed by atoms with Crippen molar-refractivity contribution < 1.29 is 23.9 Å². The maximum Gasteiger partial charge on any atom is 0.407 e. The van der Waals surface area contributed by atoms with Gasteiger partial charge in [-0.05, 0) is 56.7 Å². The number of ether oxygens (including phenoxy) is 1. The van der Waals surface area contributed by atoms with Gasteiger partial charge in [-0.3, -0.25) is 19.7 Å². The smallest absolute Gasteiger partial charge is 0.407 e. The number of nitrogens with zero attached hydrogens (tertiary/aromatic N) is 2. The van der Waals surface area contributed by atoms with Crippen LogP contribution in [0.15, 0.2) is 23.1 Å². The van der Waals surface area contributed by atoms with Gasteiger partial charge in [0.05, 0.1) is 4.91 Å². The van der Waals surface area contributed by atoms with Gasteiger partial charge in [-0.15, -0.1) is 0 Å². The van der Waals surface area contributed by atoms with Gasteiger partial charge in [-0.1, -0.05) is 18.2 Å². The van der Waals surface area contributed by atoms with Crippen LogP contribution in [0.25, 0.3) is 6.08 Å². The fraction of sp³-hybridized carbons (Fsp3) is 0.478. The number of rotatable bonds is 5. The molecule has 4 amide bonds. The summed E-state index contributed by atoms with van der Waals surface area (Å²) >= 11 is 0.898. The average Bonchev–Trinajstić information content (AvgIpc) is 3.03. The lowest BCUT2D eigenvalue weighted by Gasteiger charge is -2.37. The summed E-state index contributed by atoms with van der Waals surface area (Å²) < 4.78 is 5.18. The molecule has 0 aromatic heterocycles. The molecule has 0 atom stereocenters. The zero-order valence-corrected chi connectivity index (χ0v) is 20.2. The first kappa shape index (κ1) is 24.6. The molecule has 2 saturated heterocycles. The number of para-hydroxylation sites is 1. The number of amides is 4. The van der Waals surface area contributed by atoms with E-state index < -0.39 is 11.7 Å². The molecule has 0 saturated carbocycles. The molecule has 2 aliphatic rings. The zero-order chi connectivity index (χ0) is 24.2. The second kappa shape index (κ2) is 10.3. The summed E-state index contributed by atoms with van der Waals surface area (Å²) in [5.74, 6) is -0.400. The number of alkyl carbamates (subject to hydrolysis) is 1. The molecule has 0 bridgehead atoms. The maximum atomic E-state index is 12.6. The zero-order valence-electron chi connectivity index (χ0n) is 19.4. The molecule has 33 heavy (non-hydrogen) atoms. The molecule has 0 spiro atoms. The van der Waals surface area contributed by atoms with Crippen LogP contribution in [0.4, 0.5) is 15.3 Å². The Labute approximate surface area is 197 Å². The van der Waals surface area contributed by atoms with E-state index >= 15 is 0 Å². The van der Waals surface area contributed by atoms with Crippen molar-refractivity contribution in [2.45, 2.75) is 39.7 Å². The Morgan fingerprint density at radius 1 is 1.18 bits per heavy atom. The van der Waals surface area contributed by atoms with E-state index in [1.165, 1.54) is 0 Å². The molecule has 2 aliphatic heterocycles. The summed E-state index contributed by atoms with van der Waals surface area (Å²) in [6.07, 6.45) is 1.42. The number of thioether (sulfide) groups is 1. The van der Waals surface area contributed by atoms with Crippen LogP contribution in [-0.4, -0.2) is 66.4 Å². The Morgan fingerprint density at radius 2 is 1.88 bits per heavy atom. The van der Waals surface area contributed by atoms with Gasteiger partial charge >= 0.3 is 6.09 Å². The largest absolute Gasteiger partial charge is 0.444 e. The Balaban J connectivity index is 1.57. The normalized spacial score (nSPS) is 17.9. The van der Waals surface area contributed by atoms with Crippen LogP contribution in [0.1, 0.15) is 38.3 Å². The summed E-state index contributed by atoms with van der Waals surface area (Å²) in [5, 5.41) is 4.53. The van der Waals surface area contributed by atoms with Crippen LogP contribution < -0.4 is 15.5 Å². The molecule has 0 radical (unpaired) electrons. The van der Waals surface area contributed by atoms with Gasteiger partial charge in [0.25, 0.3) is 11.1 Å². The van der Waals surface area contributed by atoms with Crippen molar-refractivity contribution in [1.82, 2.24) is 15.5 Å². The van der Waals surface area contributed by atoms with E-state index in [1.807, 2.05) is 25.1 Å². The molecule has 2 fully saturated rings. The van der Waals surface area contributed by atoms with Gasteiger partial charge in [0.2, 0.25) is 5.91 Å². The van der Waals surface area contributed by atoms with Gasteiger partial charge < -0.3 is 19.9 Å². The number of nitrogens with one attached hydrogen (secondary N) is 2. The van der Waals surface area contributed by atoms with Crippen molar-refractivity contribution in [3.63, 3.8) is 0 Å². The number of piperazine rings is 1. The first-order chi connectivity index (χ1) is 15.5. The third-order valence-corrected chi connectivity index (χ3v) is 5.96. The maximum absolute atomic E-state index is 12.6. The van der Waals surface area contributed by atoms with Crippen LogP contribution in [0, 0.1) is 6.92 Å². The number of hydrogen-bond donors (Lipinski definition) is 2. The summed E-state index contributed by atoms with van der Waals surface area (Å²) in [5.41, 5.74) is 2.34. The summed E-state index contributed by atoms with van der Waals surface area (Å²) in [6, 6.07) is 5.85. The molecule has 10 heteroatoms. The molecule has 0 aliphatic carbocycles. The third-order valence-electron chi connectivity index (χ3n) is 5.15. The highest BCUT2D eigenvalue weighted by atomic mass is 32.2. The molecule has 1 aromatic rings. The van der Waals surface area contributed by atoms with Crippen molar-refractivity contribution in [1.29, 1.82) is 0 Å². The Morgan fingerprint density at radius 3 is 2.48 bits per heavy atom. The van der Waals surface area contributed by atoms with E-state index in [-0.39, 0.29) is 30.0 Å². The predicted octanol–water partition coefficient (Wildman–Crippen LogP) is 2.88. The van der Waals surface area contributed by atoms with Crippen LogP contribution in [0.2, 0.25) is 0 Å². The van der Waals surface area contributed by atoms with Crippen LogP contribution in [0.3, 0.4) is 0 Å². The van der Waals surface area contributed by atoms with E-state index in [1.54, 1.807) is 31.7 Å². The van der Waals surface area contributed by atoms with Gasteiger partial charge in [0.1, 0.15) is 5.60 Å². The highest BCUT2D eigenvalue weighted by molar-refractivity contribution is 8.18. The predicted molar refractivity (Wildman–Crippen MR) is 128 cm³/mol. The summed E-state index contributed by atoms with van der Waals surface area (Å²) in [4.78, 5) is 52.1. The number of benzene rings is 1. The molecule has 1 aromatic carbocycles. The minimum atomic E-state index is -0.579. The van der Waals surface area contributed by atoms with Gasteiger partial charge in [-0.2, -0.15) is 0 Å². The lowest BCUT2D eigenvalue weighted by atomic mass is 10.0. The SMILES string of the molecule is Cc1cccc(/C=C2\SC(=O)NC2=O)c1N1CCN(C(=O)CCNC(=O)OC(C)(C)C)CC1. The number of hydrogen-bond acceptors (Lipinski definition) is 7. The van der Waals surface area contributed by atoms with Crippen molar-refractivity contribution >= 4 is 46.7 Å². The Bertz CT molecular complexity index is 978. The second-order valence-electron chi connectivity index (χ2n) is 8.91. The van der Waals surface area contributed by atoms with Crippen LogP contribution >= 0.6 is 11.8 Å². The molecule has 2 N–H and O–H groups in total. The van der Waals surface area contributed by atoms with Gasteiger partial charge in [0, 0.05) is 44.8 Å². The molecule has 9 nitrogen and oxygen atoms in total. The van der Waals surface area contributed by atoms with E-state index in [9.17, 15) is 19.2 Å². The van der Waals surface area contributed by atoms with Crippen molar-refractivity contribution in [3.8, 4) is 0 Å². The molecular weight excluding hydrogens is 444 g/mol. The lowest BCUT2D eigenvalue weighted by Crippen LogP contribution is -2.49. The quantitative estimate of drug-likeness (QED) is 0.632. The molecule has 3 rings (SSSR count). The summed E-state index contributed by atoms with van der Waals surface area (Å²) in [7, 11) is 0. The number of carbonyl (C=O) groups excluding carboxylic acids is 4. The van der Waals surface area contributed by atoms with E-state index in [0.717, 1.165) is 28.6 Å². The van der Waals surface area contributed by atoms with Gasteiger partial charge in [0.15, 0.2) is 0 Å². The van der Waals surface area contributed by atoms with E-state index in [2.05, 4.69) is 15.5 Å². The van der Waals surface area contributed by atoms with Crippen molar-refractivity contribution in [2.75, 3.05) is 37.6 Å². The third kappa shape index (κ3) is 6.74. The standard InChI is InChI=1S/C23H30N4O5S/c1-15-6-5-7-16(14-17-20(29)25-22(31)33-17)19(15)27-12-10-26(11-13-27)18(28)8-9-24-21(30)32-23(2,3)4/h5-7,14H,8-13H2,1-4H3,(H,24,30)(H,25,29,31)/b17-14-. The number of carbonyl (C=O) groups is 4.